The molecule has 3 N–H and O–H groups in total. The number of carbonyl (C=O) groups is 2. The molecule has 1 aliphatic heterocycles. The fraction of sp³-hybridized carbons (Fsp3) is 0.367. The van der Waals surface area contributed by atoms with E-state index in [1.165, 1.54) is 0 Å². The van der Waals surface area contributed by atoms with Crippen molar-refractivity contribution in [1.82, 2.24) is 8.10 Å². The van der Waals surface area contributed by atoms with Gasteiger partial charge in [-0.05, 0) is 11.6 Å². The van der Waals surface area contributed by atoms with Crippen molar-refractivity contribution in [2.24, 2.45) is 0 Å². The van der Waals surface area contributed by atoms with E-state index < -0.39 is 26.2 Å². The summed E-state index contributed by atoms with van der Waals surface area (Å²) in [5, 5.41) is 14.9. The van der Waals surface area contributed by atoms with Crippen molar-refractivity contribution in [3.05, 3.63) is 78.0 Å². The molecule has 2 amide bonds. The molecule has 0 aliphatic carbocycles. The number of aryl methyl sites for hydroxylation is 1. The van der Waals surface area contributed by atoms with E-state index in [4.69, 9.17) is 9.84 Å². The number of amides is 2. The number of benzene rings is 2. The molecule has 1 fully saturated rings. The monoisotopic (exact) mass is 644 g/mol. The number of carbonyl (C=O) groups excluding carboxylic acids is 2. The van der Waals surface area contributed by atoms with Crippen molar-refractivity contribution >= 4 is 43.6 Å². The summed E-state index contributed by atoms with van der Waals surface area (Å²) in [6, 6.07) is 19.4. The van der Waals surface area contributed by atoms with Crippen LogP contribution in [-0.2, 0) is 22.6 Å². The topological polar surface area (TPSA) is 104 Å². The summed E-state index contributed by atoms with van der Waals surface area (Å²) < 4.78 is 8.35. The molecule has 1 aromatic heterocycles. The van der Waals surface area contributed by atoms with Crippen LogP contribution in [0.2, 0.25) is 0 Å². The van der Waals surface area contributed by atoms with Gasteiger partial charge in [0.2, 0.25) is 5.91 Å². The molecular weight excluding hydrogens is 607 g/mol. The van der Waals surface area contributed by atoms with Crippen LogP contribution >= 0.6 is 20.1 Å². The van der Waals surface area contributed by atoms with Crippen molar-refractivity contribution in [2.75, 3.05) is 33.6 Å². The van der Waals surface area contributed by atoms with Crippen LogP contribution < -0.4 is 10.6 Å². The molecule has 1 aliphatic rings. The van der Waals surface area contributed by atoms with E-state index in [1.807, 2.05) is 48.5 Å². The number of halogens is 1. The SMILES string of the molecule is CI(C)N1CCCC(OC(=O)Nc2cc(CCCC(=O)Nc3ccc(CO)cn3)ccc2-c2ccccc2)C1. The molecule has 1 unspecified atom stereocenters. The zero-order valence-electron chi connectivity index (χ0n) is 22.5. The standard InChI is InChI=1S/C30H37IN4O4/c1-31(2)35-17-7-11-25(20-35)39-30(38)33-27-18-22(13-15-26(27)24-9-4-3-5-10-24)8-6-12-29(37)34-28-16-14-23(21-36)19-32-28/h3-5,9-10,13-16,18-19,25,36H,6-8,11-12,17,20-21H2,1-2H3,(H,33,38)(H,32,34,37). The maximum absolute atomic E-state index is 13.0. The van der Waals surface area contributed by atoms with Gasteiger partial charge in [-0.25, -0.2) is 4.98 Å². The van der Waals surface area contributed by atoms with E-state index in [2.05, 4.69) is 28.6 Å². The Kier molecular flexibility index (Phi) is 10.7. The first-order chi connectivity index (χ1) is 18.9. The quantitative estimate of drug-likeness (QED) is 0.144. The van der Waals surface area contributed by atoms with Gasteiger partial charge in [-0.2, -0.15) is 0 Å². The second kappa shape index (κ2) is 14.4. The van der Waals surface area contributed by atoms with Crippen molar-refractivity contribution in [3.63, 3.8) is 0 Å². The van der Waals surface area contributed by atoms with Crippen LogP contribution in [0.4, 0.5) is 16.3 Å². The van der Waals surface area contributed by atoms with Crippen LogP contribution in [-0.4, -0.2) is 54.3 Å². The van der Waals surface area contributed by atoms with Crippen LogP contribution in [0.25, 0.3) is 11.1 Å². The van der Waals surface area contributed by atoms with E-state index in [0.29, 0.717) is 36.3 Å². The third-order valence-corrected chi connectivity index (χ3v) is 10.2. The molecule has 4 rings (SSSR count). The Morgan fingerprint density at radius 3 is 2.59 bits per heavy atom. The normalized spacial score (nSPS) is 15.9. The number of hydrogen-bond donors (Lipinski definition) is 3. The maximum atomic E-state index is 13.0. The zero-order valence-corrected chi connectivity index (χ0v) is 24.7. The Morgan fingerprint density at radius 1 is 1.08 bits per heavy atom. The number of pyridine rings is 1. The van der Waals surface area contributed by atoms with Crippen LogP contribution in [0.3, 0.4) is 0 Å². The molecule has 39 heavy (non-hydrogen) atoms. The molecule has 0 spiro atoms. The number of hydrogen-bond acceptors (Lipinski definition) is 6. The predicted octanol–water partition coefficient (Wildman–Crippen LogP) is 5.90. The average molecular weight is 645 g/mol. The first kappa shape index (κ1) is 29.0. The van der Waals surface area contributed by atoms with Crippen LogP contribution in [0.1, 0.15) is 36.8 Å². The van der Waals surface area contributed by atoms with Gasteiger partial charge in [-0.3, -0.25) is 4.79 Å². The summed E-state index contributed by atoms with van der Waals surface area (Å²) in [4.78, 5) is 34.1. The Balaban J connectivity index is 1.38. The molecule has 2 heterocycles. The fourth-order valence-corrected chi connectivity index (χ4v) is 7.09. The van der Waals surface area contributed by atoms with Gasteiger partial charge < -0.3 is 10.4 Å². The van der Waals surface area contributed by atoms with E-state index in [1.54, 1.807) is 18.3 Å². The zero-order chi connectivity index (χ0) is 27.6. The Hall–Kier alpha value is -3.02. The summed E-state index contributed by atoms with van der Waals surface area (Å²) in [5.74, 6) is 0.347. The molecule has 0 bridgehead atoms. The van der Waals surface area contributed by atoms with Gasteiger partial charge in [0.1, 0.15) is 5.82 Å². The van der Waals surface area contributed by atoms with E-state index >= 15 is 0 Å². The number of rotatable bonds is 10. The Labute approximate surface area is 237 Å². The van der Waals surface area contributed by atoms with E-state index in [9.17, 15) is 9.59 Å². The molecule has 8 nitrogen and oxygen atoms in total. The van der Waals surface area contributed by atoms with Gasteiger partial charge in [-0.15, -0.1) is 0 Å². The number of alkyl halides is 2. The number of nitrogens with zero attached hydrogens (tertiary/aromatic N) is 2. The summed E-state index contributed by atoms with van der Waals surface area (Å²) in [6.45, 7) is 1.84. The summed E-state index contributed by atoms with van der Waals surface area (Å²) in [7, 11) is 0. The molecule has 1 atom stereocenters. The molecule has 208 valence electrons. The van der Waals surface area contributed by atoms with Crippen LogP contribution in [0.5, 0.6) is 0 Å². The van der Waals surface area contributed by atoms with Gasteiger partial charge in [0.05, 0.1) is 6.61 Å². The average Bonchev–Trinajstić information content (AvgIpc) is 2.94. The molecule has 0 radical (unpaired) electrons. The van der Waals surface area contributed by atoms with Gasteiger partial charge >= 0.3 is 176 Å². The van der Waals surface area contributed by atoms with Gasteiger partial charge in [0, 0.05) is 6.20 Å². The molecule has 3 aromatic rings. The molecule has 1 saturated heterocycles. The van der Waals surface area contributed by atoms with Gasteiger partial charge in [0.25, 0.3) is 0 Å². The second-order valence-corrected chi connectivity index (χ2v) is 15.2. The predicted molar refractivity (Wildman–Crippen MR) is 164 cm³/mol. The number of piperidine rings is 1. The molecule has 0 saturated carbocycles. The van der Waals surface area contributed by atoms with Gasteiger partial charge in [-0.1, -0.05) is 6.07 Å². The van der Waals surface area contributed by atoms with Crippen LogP contribution in [0.15, 0.2) is 66.9 Å². The summed E-state index contributed by atoms with van der Waals surface area (Å²) in [5.41, 5.74) is 4.35. The van der Waals surface area contributed by atoms with E-state index in [-0.39, 0.29) is 18.6 Å². The third kappa shape index (κ3) is 8.74. The van der Waals surface area contributed by atoms with E-state index in [0.717, 1.165) is 42.6 Å². The van der Waals surface area contributed by atoms with Crippen molar-refractivity contribution in [2.45, 2.75) is 44.8 Å². The Morgan fingerprint density at radius 2 is 1.87 bits per heavy atom. The van der Waals surface area contributed by atoms with Crippen molar-refractivity contribution in [3.8, 4) is 11.1 Å². The number of aromatic nitrogens is 1. The number of aliphatic hydroxyl groups is 1. The van der Waals surface area contributed by atoms with Crippen LogP contribution in [0, 0.1) is 0 Å². The summed E-state index contributed by atoms with van der Waals surface area (Å²) >= 11 is -1.09. The number of anilines is 2. The minimum absolute atomic E-state index is 0.0856. The molecule has 2 aromatic carbocycles. The molecule has 9 heteroatoms. The second-order valence-electron chi connectivity index (χ2n) is 9.74. The number of aliphatic hydroxyl groups excluding tert-OH is 1. The number of ether oxygens (including phenoxy) is 1. The van der Waals surface area contributed by atoms with Crippen molar-refractivity contribution in [1.29, 1.82) is 0 Å². The minimum atomic E-state index is -1.09. The fourth-order valence-electron chi connectivity index (χ4n) is 4.56. The van der Waals surface area contributed by atoms with Gasteiger partial charge in [0.15, 0.2) is 0 Å². The first-order valence-electron chi connectivity index (χ1n) is 13.2. The Bertz CT molecular complexity index is 1240. The van der Waals surface area contributed by atoms with Crippen molar-refractivity contribution < 1.29 is 19.4 Å². The summed E-state index contributed by atoms with van der Waals surface area (Å²) in [6.07, 6.45) is 4.63. The number of nitrogens with one attached hydrogen (secondary N) is 2. The molecular formula is C30H37IN4O4. The third-order valence-electron chi connectivity index (χ3n) is 6.63. The first-order valence-corrected chi connectivity index (χ1v) is 18.5.